The average Bonchev–Trinajstić information content (AvgIpc) is 2.61. The molecule has 5 heteroatoms. The van der Waals surface area contributed by atoms with Gasteiger partial charge in [-0.3, -0.25) is 0 Å². The molecule has 5 nitrogen and oxygen atoms in total. The molecule has 0 amide bonds. The molecule has 26 heavy (non-hydrogen) atoms. The molecule has 134 valence electrons. The minimum Gasteiger partial charge on any atom is -0.497 e. The Labute approximate surface area is 154 Å². The van der Waals surface area contributed by atoms with Crippen molar-refractivity contribution in [1.29, 1.82) is 0 Å². The second kappa shape index (κ2) is 8.34. The predicted molar refractivity (Wildman–Crippen MR) is 106 cm³/mol. The summed E-state index contributed by atoms with van der Waals surface area (Å²) in [5, 5.41) is 6.65. The molecule has 0 saturated carbocycles. The molecular weight excluding hydrogens is 324 g/mol. The van der Waals surface area contributed by atoms with E-state index in [9.17, 15) is 0 Å². The van der Waals surface area contributed by atoms with Crippen LogP contribution < -0.4 is 15.4 Å². The zero-order valence-electron chi connectivity index (χ0n) is 15.4. The highest BCUT2D eigenvalue weighted by Crippen LogP contribution is 2.17. The lowest BCUT2D eigenvalue weighted by Crippen LogP contribution is -2.08. The lowest BCUT2D eigenvalue weighted by Gasteiger charge is -2.11. The number of nitrogens with zero attached hydrogens (tertiary/aromatic N) is 2. The molecule has 0 aliphatic rings. The van der Waals surface area contributed by atoms with Crippen molar-refractivity contribution in [1.82, 2.24) is 9.97 Å². The van der Waals surface area contributed by atoms with Crippen molar-refractivity contribution in [3.05, 3.63) is 71.4 Å². The van der Waals surface area contributed by atoms with Crippen molar-refractivity contribution in [3.8, 4) is 5.75 Å². The first-order valence-electron chi connectivity index (χ1n) is 8.68. The molecule has 0 fully saturated rings. The maximum Gasteiger partial charge on any atom is 0.229 e. The number of hydrogen-bond acceptors (Lipinski definition) is 5. The molecule has 1 aromatic heterocycles. The minimum absolute atomic E-state index is 0.597. The number of methoxy groups -OCH3 is 1. The van der Waals surface area contributed by atoms with E-state index in [-0.39, 0.29) is 0 Å². The molecule has 0 aliphatic carbocycles. The van der Waals surface area contributed by atoms with Gasteiger partial charge in [-0.05, 0) is 55.7 Å². The van der Waals surface area contributed by atoms with Crippen LogP contribution in [0.25, 0.3) is 0 Å². The Kier molecular flexibility index (Phi) is 5.69. The molecule has 0 unspecified atom stereocenters. The Morgan fingerprint density at radius 1 is 0.962 bits per heavy atom. The van der Waals surface area contributed by atoms with Crippen LogP contribution in [0, 0.1) is 13.8 Å². The third-order valence-corrected chi connectivity index (χ3v) is 3.98. The number of anilines is 3. The van der Waals surface area contributed by atoms with Crippen molar-refractivity contribution in [2.45, 2.75) is 20.3 Å². The zero-order chi connectivity index (χ0) is 18.4. The molecule has 2 N–H and O–H groups in total. The number of nitrogens with one attached hydrogen (secondary N) is 2. The van der Waals surface area contributed by atoms with Crippen LogP contribution in [0.5, 0.6) is 5.75 Å². The molecule has 0 atom stereocenters. The highest BCUT2D eigenvalue weighted by atomic mass is 16.5. The number of aryl methyl sites for hydroxylation is 2. The maximum absolute atomic E-state index is 5.27. The molecular formula is C21H24N4O. The second-order valence-corrected chi connectivity index (χ2v) is 6.24. The van der Waals surface area contributed by atoms with Crippen molar-refractivity contribution in [3.63, 3.8) is 0 Å². The van der Waals surface area contributed by atoms with E-state index in [1.54, 1.807) is 7.11 Å². The fourth-order valence-corrected chi connectivity index (χ4v) is 2.73. The van der Waals surface area contributed by atoms with Gasteiger partial charge in [0.2, 0.25) is 5.95 Å². The van der Waals surface area contributed by atoms with E-state index in [0.29, 0.717) is 5.95 Å². The standard InChI is InChI=1S/C21H24N4O/c1-15-6-4-8-18(12-15)24-21-23-16(2)13-20(25-21)22-11-10-17-7-5-9-19(14-17)26-3/h4-9,12-14H,10-11H2,1-3H3,(H2,22,23,24,25). The molecule has 3 rings (SSSR count). The summed E-state index contributed by atoms with van der Waals surface area (Å²) >= 11 is 0. The van der Waals surface area contributed by atoms with Crippen molar-refractivity contribution < 1.29 is 4.74 Å². The van der Waals surface area contributed by atoms with Crippen LogP contribution in [0.1, 0.15) is 16.8 Å². The van der Waals surface area contributed by atoms with Gasteiger partial charge in [-0.15, -0.1) is 0 Å². The predicted octanol–water partition coefficient (Wildman–Crippen LogP) is 4.50. The third-order valence-electron chi connectivity index (χ3n) is 3.98. The first kappa shape index (κ1) is 17.7. The summed E-state index contributed by atoms with van der Waals surface area (Å²) in [5.41, 5.74) is 4.32. The number of ether oxygens (including phenoxy) is 1. The normalized spacial score (nSPS) is 10.4. The molecule has 3 aromatic rings. The van der Waals surface area contributed by atoms with E-state index >= 15 is 0 Å². The first-order chi connectivity index (χ1) is 12.6. The fourth-order valence-electron chi connectivity index (χ4n) is 2.73. The van der Waals surface area contributed by atoms with E-state index in [2.05, 4.69) is 51.8 Å². The van der Waals surface area contributed by atoms with Crippen LogP contribution in [-0.2, 0) is 6.42 Å². The van der Waals surface area contributed by atoms with Gasteiger partial charge >= 0.3 is 0 Å². The Bertz CT molecular complexity index is 879. The van der Waals surface area contributed by atoms with Crippen LogP contribution in [-0.4, -0.2) is 23.6 Å². The molecule has 0 radical (unpaired) electrons. The smallest absolute Gasteiger partial charge is 0.229 e. The lowest BCUT2D eigenvalue weighted by molar-refractivity contribution is 0.414. The van der Waals surface area contributed by atoms with Gasteiger partial charge in [0.05, 0.1) is 7.11 Å². The molecule has 1 heterocycles. The average molecular weight is 348 g/mol. The Hall–Kier alpha value is -3.08. The number of benzene rings is 2. The summed E-state index contributed by atoms with van der Waals surface area (Å²) < 4.78 is 5.27. The van der Waals surface area contributed by atoms with E-state index < -0.39 is 0 Å². The van der Waals surface area contributed by atoms with Gasteiger partial charge in [-0.1, -0.05) is 24.3 Å². The lowest BCUT2D eigenvalue weighted by atomic mass is 10.1. The van der Waals surface area contributed by atoms with Gasteiger partial charge < -0.3 is 15.4 Å². The number of aromatic nitrogens is 2. The Morgan fingerprint density at radius 3 is 2.62 bits per heavy atom. The van der Waals surface area contributed by atoms with E-state index in [4.69, 9.17) is 4.74 Å². The fraction of sp³-hybridized carbons (Fsp3) is 0.238. The SMILES string of the molecule is COc1cccc(CCNc2cc(C)nc(Nc3cccc(C)c3)n2)c1. The quantitative estimate of drug-likeness (QED) is 0.658. The van der Waals surface area contributed by atoms with Crippen LogP contribution in [0.3, 0.4) is 0 Å². The van der Waals surface area contributed by atoms with E-state index in [1.165, 1.54) is 11.1 Å². The van der Waals surface area contributed by atoms with E-state index in [1.807, 2.05) is 37.3 Å². The van der Waals surface area contributed by atoms with Crippen LogP contribution in [0.4, 0.5) is 17.5 Å². The van der Waals surface area contributed by atoms with Crippen LogP contribution >= 0.6 is 0 Å². The van der Waals surface area contributed by atoms with Crippen molar-refractivity contribution in [2.75, 3.05) is 24.3 Å². The molecule has 0 saturated heterocycles. The summed E-state index contributed by atoms with van der Waals surface area (Å²) in [7, 11) is 1.68. The molecule has 2 aromatic carbocycles. The van der Waals surface area contributed by atoms with Crippen molar-refractivity contribution in [2.24, 2.45) is 0 Å². The van der Waals surface area contributed by atoms with Gasteiger partial charge in [-0.25, -0.2) is 4.98 Å². The van der Waals surface area contributed by atoms with E-state index in [0.717, 1.165) is 35.9 Å². The summed E-state index contributed by atoms with van der Waals surface area (Å²) in [4.78, 5) is 9.03. The number of hydrogen-bond donors (Lipinski definition) is 2. The van der Waals surface area contributed by atoms with Gasteiger partial charge in [0.15, 0.2) is 0 Å². The highest BCUT2D eigenvalue weighted by molar-refractivity contribution is 5.56. The summed E-state index contributed by atoms with van der Waals surface area (Å²) in [6.07, 6.45) is 0.890. The maximum atomic E-state index is 5.27. The zero-order valence-corrected chi connectivity index (χ0v) is 15.4. The van der Waals surface area contributed by atoms with Crippen LogP contribution in [0.2, 0.25) is 0 Å². The molecule has 0 bridgehead atoms. The van der Waals surface area contributed by atoms with Crippen LogP contribution in [0.15, 0.2) is 54.6 Å². The van der Waals surface area contributed by atoms with Gasteiger partial charge in [-0.2, -0.15) is 4.98 Å². The highest BCUT2D eigenvalue weighted by Gasteiger charge is 2.04. The van der Waals surface area contributed by atoms with Gasteiger partial charge in [0.25, 0.3) is 0 Å². The Balaban J connectivity index is 1.63. The third kappa shape index (κ3) is 4.96. The summed E-state index contributed by atoms with van der Waals surface area (Å²) in [6, 6.07) is 18.2. The van der Waals surface area contributed by atoms with Crippen molar-refractivity contribution >= 4 is 17.5 Å². The first-order valence-corrected chi connectivity index (χ1v) is 8.68. The topological polar surface area (TPSA) is 59.1 Å². The summed E-state index contributed by atoms with van der Waals surface area (Å²) in [6.45, 7) is 4.82. The monoisotopic (exact) mass is 348 g/mol. The number of rotatable bonds is 7. The Morgan fingerprint density at radius 2 is 1.81 bits per heavy atom. The summed E-state index contributed by atoms with van der Waals surface area (Å²) in [5.74, 6) is 2.29. The largest absolute Gasteiger partial charge is 0.497 e. The second-order valence-electron chi connectivity index (χ2n) is 6.24. The molecule has 0 spiro atoms. The minimum atomic E-state index is 0.597. The molecule has 0 aliphatic heterocycles. The van der Waals surface area contributed by atoms with Gasteiger partial charge in [0.1, 0.15) is 11.6 Å². The van der Waals surface area contributed by atoms with Gasteiger partial charge in [0, 0.05) is 24.0 Å².